The predicted octanol–water partition coefficient (Wildman–Crippen LogP) is 0.627. The Morgan fingerprint density at radius 3 is 2.14 bits per heavy atom. The first-order valence-corrected chi connectivity index (χ1v) is 10.4. The molecule has 0 unspecified atom stereocenters. The topological polar surface area (TPSA) is 152 Å². The predicted molar refractivity (Wildman–Crippen MR) is 119 cm³/mol. The van der Waals surface area contributed by atoms with E-state index in [9.17, 15) is 38.6 Å². The van der Waals surface area contributed by atoms with Crippen LogP contribution in [0.15, 0.2) is 54.1 Å². The maximum Gasteiger partial charge on any atom is 0.336 e. The fourth-order valence-corrected chi connectivity index (χ4v) is 3.97. The molecule has 1 N–H and O–H groups in total. The summed E-state index contributed by atoms with van der Waals surface area (Å²) in [5, 5.41) is 24.8. The number of carboxylic acid groups (broad SMARTS) is 2. The van der Waals surface area contributed by atoms with E-state index >= 15 is 0 Å². The van der Waals surface area contributed by atoms with Gasteiger partial charge in [0, 0.05) is 17.1 Å². The van der Waals surface area contributed by atoms with Crippen molar-refractivity contribution in [3.8, 4) is 5.69 Å². The molecule has 1 aromatic heterocycles. The van der Waals surface area contributed by atoms with Gasteiger partial charge < -0.3 is 24.4 Å². The quantitative estimate of drug-likeness (QED) is 0.408. The second kappa shape index (κ2) is 8.95. The number of hydrogen-bond donors (Lipinski definition) is 1. The summed E-state index contributed by atoms with van der Waals surface area (Å²) in [5.74, 6) is -6.06. The zero-order valence-electron chi connectivity index (χ0n) is 18.8. The minimum absolute atomic E-state index is 0.165. The third-order valence-electron chi connectivity index (χ3n) is 5.61. The lowest BCUT2D eigenvalue weighted by atomic mass is 10.1. The largest absolute Gasteiger partial charge is 0.545 e. The monoisotopic (exact) mass is 489 g/mol. The molecule has 0 spiro atoms. The zero-order valence-corrected chi connectivity index (χ0v) is 18.8. The van der Waals surface area contributed by atoms with Crippen molar-refractivity contribution in [3.63, 3.8) is 0 Å². The van der Waals surface area contributed by atoms with Crippen LogP contribution in [0.2, 0.25) is 0 Å². The van der Waals surface area contributed by atoms with E-state index in [0.717, 1.165) is 12.1 Å². The zero-order chi connectivity index (χ0) is 26.3. The first-order chi connectivity index (χ1) is 17.0. The van der Waals surface area contributed by atoms with Gasteiger partial charge in [0.15, 0.2) is 0 Å². The first-order valence-electron chi connectivity index (χ1n) is 10.4. The minimum Gasteiger partial charge on any atom is -0.545 e. The Morgan fingerprint density at radius 2 is 1.56 bits per heavy atom. The van der Waals surface area contributed by atoms with Crippen LogP contribution in [0.1, 0.15) is 37.7 Å². The summed E-state index contributed by atoms with van der Waals surface area (Å²) in [4.78, 5) is 61.2. The lowest BCUT2D eigenvalue weighted by molar-refractivity contribution is -0.255. The third-order valence-corrected chi connectivity index (χ3v) is 5.61. The van der Waals surface area contributed by atoms with Crippen LogP contribution >= 0.6 is 0 Å². The summed E-state index contributed by atoms with van der Waals surface area (Å²) < 4.78 is 15.8. The number of rotatable bonds is 5. The minimum atomic E-state index is -1.59. The molecule has 0 aliphatic carbocycles. The number of nitrogens with one attached hydrogen (secondary N) is 1. The third kappa shape index (κ3) is 4.13. The second-order valence-corrected chi connectivity index (χ2v) is 7.91. The van der Waals surface area contributed by atoms with E-state index in [-0.39, 0.29) is 22.5 Å². The van der Waals surface area contributed by atoms with E-state index in [1.54, 1.807) is 19.9 Å². The lowest BCUT2D eigenvalue weighted by Crippen LogP contribution is -2.54. The molecule has 0 radical (unpaired) electrons. The molecule has 4 rings (SSSR count). The average Bonchev–Trinajstić information content (AvgIpc) is 3.10. The van der Waals surface area contributed by atoms with Crippen molar-refractivity contribution >= 4 is 41.5 Å². The maximum absolute atomic E-state index is 14.3. The van der Waals surface area contributed by atoms with Crippen molar-refractivity contribution in [1.29, 1.82) is 0 Å². The molecular weight excluding hydrogens is 473 g/mol. The summed E-state index contributed by atoms with van der Waals surface area (Å²) in [5.41, 5.74) is -0.143. The molecule has 3 aromatic rings. The average molecular weight is 489 g/mol. The molecular formula is C25H16FN3O7-2. The van der Waals surface area contributed by atoms with Gasteiger partial charge >= 0.3 is 6.03 Å². The number of benzene rings is 2. The van der Waals surface area contributed by atoms with Crippen LogP contribution in [0.4, 0.5) is 14.9 Å². The fraction of sp³-hybridized carbons (Fsp3) is 0.0800. The Morgan fingerprint density at radius 1 is 0.944 bits per heavy atom. The van der Waals surface area contributed by atoms with E-state index in [2.05, 4.69) is 0 Å². The highest BCUT2D eigenvalue weighted by molar-refractivity contribution is 6.39. The number of imide groups is 2. The van der Waals surface area contributed by atoms with E-state index in [1.807, 2.05) is 5.32 Å². The van der Waals surface area contributed by atoms with E-state index in [1.165, 1.54) is 41.0 Å². The number of aromatic nitrogens is 1. The Balaban J connectivity index is 1.82. The van der Waals surface area contributed by atoms with Gasteiger partial charge in [-0.05, 0) is 73.0 Å². The van der Waals surface area contributed by atoms with Crippen molar-refractivity contribution < 1.29 is 38.6 Å². The highest BCUT2D eigenvalue weighted by Crippen LogP contribution is 2.28. The molecule has 1 aliphatic heterocycles. The van der Waals surface area contributed by atoms with E-state index in [0.29, 0.717) is 21.9 Å². The van der Waals surface area contributed by atoms with Crippen molar-refractivity contribution in [2.75, 3.05) is 4.90 Å². The Kier molecular flexibility index (Phi) is 5.98. The summed E-state index contributed by atoms with van der Waals surface area (Å²) >= 11 is 0. The number of aryl methyl sites for hydroxylation is 1. The highest BCUT2D eigenvalue weighted by Gasteiger charge is 2.38. The van der Waals surface area contributed by atoms with Gasteiger partial charge in [0.2, 0.25) is 0 Å². The van der Waals surface area contributed by atoms with Gasteiger partial charge in [0.1, 0.15) is 11.4 Å². The van der Waals surface area contributed by atoms with Crippen LogP contribution in [-0.4, -0.2) is 34.4 Å². The van der Waals surface area contributed by atoms with Crippen LogP contribution in [0.5, 0.6) is 0 Å². The molecule has 11 heteroatoms. The molecule has 2 heterocycles. The van der Waals surface area contributed by atoms with Crippen molar-refractivity contribution in [3.05, 3.63) is 88.0 Å². The normalized spacial score (nSPS) is 14.8. The van der Waals surface area contributed by atoms with Crippen LogP contribution < -0.4 is 20.4 Å². The summed E-state index contributed by atoms with van der Waals surface area (Å²) in [7, 11) is 0. The highest BCUT2D eigenvalue weighted by atomic mass is 19.1. The van der Waals surface area contributed by atoms with Crippen LogP contribution in [0, 0.1) is 19.7 Å². The van der Waals surface area contributed by atoms with E-state index in [4.69, 9.17) is 0 Å². The van der Waals surface area contributed by atoms with Gasteiger partial charge in [-0.15, -0.1) is 0 Å². The fourth-order valence-electron chi connectivity index (χ4n) is 3.97. The number of carboxylic acids is 2. The molecule has 1 fully saturated rings. The Hall–Kier alpha value is -5.06. The number of barbiturate groups is 1. The van der Waals surface area contributed by atoms with Gasteiger partial charge in [-0.25, -0.2) is 14.1 Å². The molecule has 182 valence electrons. The second-order valence-electron chi connectivity index (χ2n) is 7.91. The van der Waals surface area contributed by atoms with Gasteiger partial charge in [0.05, 0.1) is 17.6 Å². The molecule has 10 nitrogen and oxygen atoms in total. The van der Waals surface area contributed by atoms with Crippen LogP contribution in [0.3, 0.4) is 0 Å². The first kappa shape index (κ1) is 24.1. The number of urea groups is 1. The van der Waals surface area contributed by atoms with Crippen LogP contribution in [0.25, 0.3) is 11.8 Å². The van der Waals surface area contributed by atoms with Crippen molar-refractivity contribution in [2.45, 2.75) is 13.8 Å². The Labute approximate surface area is 202 Å². The molecule has 0 bridgehead atoms. The van der Waals surface area contributed by atoms with Gasteiger partial charge in [-0.3, -0.25) is 14.9 Å². The standard InChI is InChI=1S/C25H18FN3O7/c1-12-7-14(13(2)28(12)17-9-15(23(32)33)8-16(10-17)24(34)35)11-18-21(30)27-25(36)29(22(18)31)20-6-4-3-5-19(20)26/h3-11H,1-2H3,(H,32,33)(H,34,35)(H,27,30,36)/p-2/b18-11-. The number of para-hydroxylation sites is 1. The van der Waals surface area contributed by atoms with Gasteiger partial charge in [0.25, 0.3) is 11.8 Å². The number of halogens is 1. The molecule has 0 saturated carbocycles. The molecule has 2 aromatic carbocycles. The maximum atomic E-state index is 14.3. The Bertz CT molecular complexity index is 1490. The number of carbonyl (C=O) groups excluding carboxylic acids is 5. The number of carbonyl (C=O) groups is 5. The number of nitrogens with zero attached hydrogens (tertiary/aromatic N) is 2. The molecule has 1 saturated heterocycles. The molecule has 36 heavy (non-hydrogen) atoms. The molecule has 1 aliphatic rings. The van der Waals surface area contributed by atoms with Gasteiger partial charge in [-0.1, -0.05) is 12.1 Å². The van der Waals surface area contributed by atoms with E-state index < -0.39 is 41.2 Å². The summed E-state index contributed by atoms with van der Waals surface area (Å²) in [6, 6.07) is 8.85. The number of anilines is 1. The summed E-state index contributed by atoms with van der Waals surface area (Å²) in [6.07, 6.45) is 1.21. The van der Waals surface area contributed by atoms with Crippen LogP contribution in [-0.2, 0) is 9.59 Å². The smallest absolute Gasteiger partial charge is 0.336 e. The number of hydrogen-bond acceptors (Lipinski definition) is 7. The molecule has 4 amide bonds. The summed E-state index contributed by atoms with van der Waals surface area (Å²) in [6.45, 7) is 3.23. The van der Waals surface area contributed by atoms with Gasteiger partial charge in [-0.2, -0.15) is 0 Å². The van der Waals surface area contributed by atoms with Crippen molar-refractivity contribution in [2.24, 2.45) is 0 Å². The lowest BCUT2D eigenvalue weighted by Gasteiger charge is -2.26. The molecule has 0 atom stereocenters. The number of amides is 4. The SMILES string of the molecule is Cc1cc(/C=C2/C(=O)NC(=O)N(c3ccccc3F)C2=O)c(C)n1-c1cc(C(=O)[O-])cc(C(=O)[O-])c1. The van der Waals surface area contributed by atoms with Crippen molar-refractivity contribution in [1.82, 2.24) is 9.88 Å². The number of aromatic carboxylic acids is 2.